The molecule has 0 radical (unpaired) electrons. The van der Waals surface area contributed by atoms with Crippen LogP contribution in [0.1, 0.15) is 25.7 Å². The number of aliphatic hydroxyl groups is 1. The minimum atomic E-state index is -4.09. The fraction of sp³-hybridized carbons (Fsp3) is 1.00. The van der Waals surface area contributed by atoms with Gasteiger partial charge >= 0.3 is 6.18 Å². The highest BCUT2D eigenvalue weighted by Crippen LogP contribution is 2.44. The van der Waals surface area contributed by atoms with Crippen molar-refractivity contribution in [2.45, 2.75) is 37.9 Å². The second-order valence-electron chi connectivity index (χ2n) is 5.70. The standard InChI is InChI=1S/C12H21F3N2O/c13-12(14,15)8-17-5-1-10(2-6-17)16-7-11(9-18)3-4-11/h10,16,18H,1-9H2. The van der Waals surface area contributed by atoms with Crippen LogP contribution < -0.4 is 5.32 Å². The number of nitrogens with zero attached hydrogens (tertiary/aromatic N) is 1. The van der Waals surface area contributed by atoms with Crippen LogP contribution in [0, 0.1) is 5.41 Å². The third-order valence-corrected chi connectivity index (χ3v) is 4.05. The van der Waals surface area contributed by atoms with Gasteiger partial charge in [0.15, 0.2) is 0 Å². The fourth-order valence-corrected chi connectivity index (χ4v) is 2.48. The van der Waals surface area contributed by atoms with Gasteiger partial charge in [0.25, 0.3) is 0 Å². The molecule has 0 aromatic rings. The minimum Gasteiger partial charge on any atom is -0.396 e. The van der Waals surface area contributed by atoms with E-state index in [0.717, 1.165) is 32.2 Å². The highest BCUT2D eigenvalue weighted by atomic mass is 19.4. The van der Waals surface area contributed by atoms with Gasteiger partial charge in [-0.3, -0.25) is 4.90 Å². The van der Waals surface area contributed by atoms with Gasteiger partial charge in [0.05, 0.1) is 6.54 Å². The maximum absolute atomic E-state index is 12.2. The van der Waals surface area contributed by atoms with Gasteiger partial charge < -0.3 is 10.4 Å². The summed E-state index contributed by atoms with van der Waals surface area (Å²) in [5, 5.41) is 12.6. The average Bonchev–Trinajstić information content (AvgIpc) is 3.07. The smallest absolute Gasteiger partial charge is 0.396 e. The second kappa shape index (κ2) is 5.35. The number of hydrogen-bond acceptors (Lipinski definition) is 3. The summed E-state index contributed by atoms with van der Waals surface area (Å²) >= 11 is 0. The Morgan fingerprint density at radius 1 is 1.22 bits per heavy atom. The molecule has 3 nitrogen and oxygen atoms in total. The van der Waals surface area contributed by atoms with Crippen LogP contribution in [-0.2, 0) is 0 Å². The maximum atomic E-state index is 12.2. The summed E-state index contributed by atoms with van der Waals surface area (Å²) in [4.78, 5) is 1.47. The molecule has 1 aliphatic carbocycles. The number of likely N-dealkylation sites (tertiary alicyclic amines) is 1. The molecule has 0 atom stereocenters. The molecular weight excluding hydrogens is 245 g/mol. The fourth-order valence-electron chi connectivity index (χ4n) is 2.48. The van der Waals surface area contributed by atoms with E-state index in [1.807, 2.05) is 0 Å². The first-order valence-electron chi connectivity index (χ1n) is 6.56. The van der Waals surface area contributed by atoms with Gasteiger partial charge in [-0.05, 0) is 38.8 Å². The predicted molar refractivity (Wildman–Crippen MR) is 62.3 cm³/mol. The number of alkyl halides is 3. The Morgan fingerprint density at radius 2 is 1.83 bits per heavy atom. The van der Waals surface area contributed by atoms with Crippen molar-refractivity contribution < 1.29 is 18.3 Å². The molecule has 0 unspecified atom stereocenters. The first kappa shape index (κ1) is 14.1. The van der Waals surface area contributed by atoms with Crippen molar-refractivity contribution in [2.24, 2.45) is 5.41 Å². The van der Waals surface area contributed by atoms with Crippen molar-refractivity contribution in [3.8, 4) is 0 Å². The summed E-state index contributed by atoms with van der Waals surface area (Å²) in [6, 6.07) is 0.304. The molecule has 106 valence electrons. The van der Waals surface area contributed by atoms with Crippen molar-refractivity contribution in [1.82, 2.24) is 10.2 Å². The Balaban J connectivity index is 1.64. The van der Waals surface area contributed by atoms with Gasteiger partial charge in [0, 0.05) is 24.6 Å². The van der Waals surface area contributed by atoms with Gasteiger partial charge in [0.2, 0.25) is 0 Å². The minimum absolute atomic E-state index is 0.0725. The quantitative estimate of drug-likeness (QED) is 0.789. The first-order valence-corrected chi connectivity index (χ1v) is 6.56. The number of halogens is 3. The summed E-state index contributed by atoms with van der Waals surface area (Å²) in [5.41, 5.74) is 0.0725. The third-order valence-electron chi connectivity index (χ3n) is 4.05. The van der Waals surface area contributed by atoms with Crippen molar-refractivity contribution in [1.29, 1.82) is 0 Å². The molecule has 2 aliphatic rings. The summed E-state index contributed by atoms with van der Waals surface area (Å²) in [5.74, 6) is 0. The SMILES string of the molecule is OCC1(CNC2CCN(CC(F)(F)F)CC2)CC1. The first-order chi connectivity index (χ1) is 8.42. The van der Waals surface area contributed by atoms with Gasteiger partial charge in [-0.25, -0.2) is 0 Å². The van der Waals surface area contributed by atoms with Crippen LogP contribution in [0.2, 0.25) is 0 Å². The molecule has 1 aliphatic heterocycles. The van der Waals surface area contributed by atoms with E-state index >= 15 is 0 Å². The van der Waals surface area contributed by atoms with Crippen LogP contribution in [0.5, 0.6) is 0 Å². The number of rotatable bonds is 5. The number of aliphatic hydroxyl groups excluding tert-OH is 1. The zero-order valence-corrected chi connectivity index (χ0v) is 10.5. The van der Waals surface area contributed by atoms with Crippen LogP contribution in [0.15, 0.2) is 0 Å². The third kappa shape index (κ3) is 4.10. The Morgan fingerprint density at radius 3 is 2.28 bits per heavy atom. The largest absolute Gasteiger partial charge is 0.401 e. The molecule has 0 amide bonds. The van der Waals surface area contributed by atoms with Crippen LogP contribution in [0.25, 0.3) is 0 Å². The summed E-state index contributed by atoms with van der Waals surface area (Å²) in [6.07, 6.45) is -0.447. The molecule has 0 bridgehead atoms. The van der Waals surface area contributed by atoms with E-state index in [-0.39, 0.29) is 12.0 Å². The molecule has 18 heavy (non-hydrogen) atoms. The van der Waals surface area contributed by atoms with E-state index in [4.69, 9.17) is 0 Å². The maximum Gasteiger partial charge on any atom is 0.401 e. The molecule has 1 saturated heterocycles. The van der Waals surface area contributed by atoms with E-state index in [2.05, 4.69) is 5.32 Å². The Bertz CT molecular complexity index is 271. The summed E-state index contributed by atoms with van der Waals surface area (Å²) < 4.78 is 36.6. The Hall–Kier alpha value is -0.330. The Kier molecular flexibility index (Phi) is 4.18. The van der Waals surface area contributed by atoms with Gasteiger partial charge in [-0.1, -0.05) is 0 Å². The molecule has 2 N–H and O–H groups in total. The number of nitrogens with one attached hydrogen (secondary N) is 1. The highest BCUT2D eigenvalue weighted by molar-refractivity contribution is 4.95. The summed E-state index contributed by atoms with van der Waals surface area (Å²) in [6.45, 7) is 1.23. The normalized spacial score (nSPS) is 25.3. The average molecular weight is 266 g/mol. The van der Waals surface area contributed by atoms with Crippen LogP contribution in [0.3, 0.4) is 0 Å². The van der Waals surface area contributed by atoms with E-state index in [1.165, 1.54) is 4.90 Å². The molecule has 0 spiro atoms. The molecule has 1 saturated carbocycles. The molecule has 6 heteroatoms. The van der Waals surface area contributed by atoms with E-state index in [0.29, 0.717) is 19.1 Å². The van der Waals surface area contributed by atoms with Crippen molar-refractivity contribution in [2.75, 3.05) is 32.8 Å². The van der Waals surface area contributed by atoms with E-state index in [1.54, 1.807) is 0 Å². The lowest BCUT2D eigenvalue weighted by molar-refractivity contribution is -0.148. The molecule has 1 heterocycles. The van der Waals surface area contributed by atoms with E-state index in [9.17, 15) is 18.3 Å². The topological polar surface area (TPSA) is 35.5 Å². The van der Waals surface area contributed by atoms with Crippen molar-refractivity contribution in [3.63, 3.8) is 0 Å². The molecule has 2 fully saturated rings. The van der Waals surface area contributed by atoms with Crippen LogP contribution in [0.4, 0.5) is 13.2 Å². The van der Waals surface area contributed by atoms with Crippen molar-refractivity contribution >= 4 is 0 Å². The second-order valence-corrected chi connectivity index (χ2v) is 5.70. The van der Waals surface area contributed by atoms with Crippen LogP contribution >= 0.6 is 0 Å². The molecule has 0 aromatic carbocycles. The van der Waals surface area contributed by atoms with Crippen LogP contribution in [-0.4, -0.2) is 55.0 Å². The van der Waals surface area contributed by atoms with Gasteiger partial charge in [-0.15, -0.1) is 0 Å². The lowest BCUT2D eigenvalue weighted by Crippen LogP contribution is -2.46. The monoisotopic (exact) mass is 266 g/mol. The lowest BCUT2D eigenvalue weighted by Gasteiger charge is -2.33. The number of piperidine rings is 1. The summed E-state index contributed by atoms with van der Waals surface area (Å²) in [7, 11) is 0. The predicted octanol–water partition coefficient (Wildman–Crippen LogP) is 1.38. The molecule has 2 rings (SSSR count). The lowest BCUT2D eigenvalue weighted by atomic mass is 10.0. The zero-order valence-electron chi connectivity index (χ0n) is 10.5. The zero-order chi connectivity index (χ0) is 13.2. The van der Waals surface area contributed by atoms with Crippen molar-refractivity contribution in [3.05, 3.63) is 0 Å². The number of hydrogen-bond donors (Lipinski definition) is 2. The van der Waals surface area contributed by atoms with Gasteiger partial charge in [0.1, 0.15) is 0 Å². The molecular formula is C12H21F3N2O. The Labute approximate surface area is 105 Å². The van der Waals surface area contributed by atoms with E-state index < -0.39 is 12.7 Å². The molecule has 0 aromatic heterocycles. The highest BCUT2D eigenvalue weighted by Gasteiger charge is 2.42. The van der Waals surface area contributed by atoms with Gasteiger partial charge in [-0.2, -0.15) is 13.2 Å².